The minimum Gasteiger partial charge on any atom is -0.392 e. The van der Waals surface area contributed by atoms with Crippen LogP contribution in [0.4, 0.5) is 0 Å². The SMILES string of the molecule is Cc1ccc(CNCC(O)C2CCOCC2)c(Br)c1. The number of hydrogen-bond donors (Lipinski definition) is 2. The van der Waals surface area contributed by atoms with Crippen molar-refractivity contribution >= 4 is 15.9 Å². The van der Waals surface area contributed by atoms with E-state index in [2.05, 4.69) is 46.4 Å². The molecule has 4 heteroatoms. The van der Waals surface area contributed by atoms with E-state index < -0.39 is 0 Å². The summed E-state index contributed by atoms with van der Waals surface area (Å²) in [6.45, 7) is 5.07. The maximum atomic E-state index is 10.1. The lowest BCUT2D eigenvalue weighted by molar-refractivity contribution is 0.00846. The number of aliphatic hydroxyl groups is 1. The minimum absolute atomic E-state index is 0.270. The highest BCUT2D eigenvalue weighted by Gasteiger charge is 2.21. The first-order chi connectivity index (χ1) is 9.16. The molecule has 1 atom stereocenters. The predicted octanol–water partition coefficient (Wildman–Crippen LogP) is 2.63. The van der Waals surface area contributed by atoms with E-state index >= 15 is 0 Å². The summed E-state index contributed by atoms with van der Waals surface area (Å²) in [5, 5.41) is 13.5. The topological polar surface area (TPSA) is 41.5 Å². The summed E-state index contributed by atoms with van der Waals surface area (Å²) >= 11 is 3.57. The molecule has 1 heterocycles. The lowest BCUT2D eigenvalue weighted by atomic mass is 9.94. The number of hydrogen-bond acceptors (Lipinski definition) is 3. The van der Waals surface area contributed by atoms with Crippen LogP contribution < -0.4 is 5.32 Å². The van der Waals surface area contributed by atoms with Crippen molar-refractivity contribution in [3.8, 4) is 0 Å². The van der Waals surface area contributed by atoms with Crippen molar-refractivity contribution in [1.29, 1.82) is 0 Å². The Kier molecular flexibility index (Phi) is 5.82. The fraction of sp³-hybridized carbons (Fsp3) is 0.600. The first kappa shape index (κ1) is 15.0. The zero-order valence-electron chi connectivity index (χ0n) is 11.4. The maximum Gasteiger partial charge on any atom is 0.0694 e. The molecule has 1 aromatic carbocycles. The van der Waals surface area contributed by atoms with Gasteiger partial charge in [0.15, 0.2) is 0 Å². The Morgan fingerprint density at radius 3 is 2.84 bits per heavy atom. The van der Waals surface area contributed by atoms with Gasteiger partial charge in [0.25, 0.3) is 0 Å². The van der Waals surface area contributed by atoms with Gasteiger partial charge in [0.1, 0.15) is 0 Å². The number of nitrogens with one attached hydrogen (secondary N) is 1. The van der Waals surface area contributed by atoms with Gasteiger partial charge >= 0.3 is 0 Å². The van der Waals surface area contributed by atoms with Gasteiger partial charge in [-0.2, -0.15) is 0 Å². The van der Waals surface area contributed by atoms with E-state index in [-0.39, 0.29) is 6.10 Å². The molecular weight excluding hydrogens is 306 g/mol. The van der Waals surface area contributed by atoms with Crippen LogP contribution in [0.3, 0.4) is 0 Å². The molecule has 1 aliphatic rings. The molecule has 1 aromatic rings. The normalized spacial score (nSPS) is 18.5. The number of ether oxygens (including phenoxy) is 1. The third-order valence-corrected chi connectivity index (χ3v) is 4.43. The maximum absolute atomic E-state index is 10.1. The van der Waals surface area contributed by atoms with Gasteiger partial charge in [-0.15, -0.1) is 0 Å². The van der Waals surface area contributed by atoms with Gasteiger partial charge in [0.2, 0.25) is 0 Å². The highest BCUT2D eigenvalue weighted by atomic mass is 79.9. The summed E-state index contributed by atoms with van der Waals surface area (Å²) < 4.78 is 6.44. The summed E-state index contributed by atoms with van der Waals surface area (Å²) in [7, 11) is 0. The molecule has 0 saturated carbocycles. The smallest absolute Gasteiger partial charge is 0.0694 e. The molecule has 2 N–H and O–H groups in total. The molecule has 0 spiro atoms. The van der Waals surface area contributed by atoms with Crippen LogP contribution in [0.1, 0.15) is 24.0 Å². The summed E-state index contributed by atoms with van der Waals surface area (Å²) in [5.74, 6) is 0.378. The first-order valence-corrected chi connectivity index (χ1v) is 7.67. The second kappa shape index (κ2) is 7.39. The number of aliphatic hydroxyl groups excluding tert-OH is 1. The van der Waals surface area contributed by atoms with Gasteiger partial charge in [0.05, 0.1) is 6.10 Å². The van der Waals surface area contributed by atoms with Crippen LogP contribution in [0.2, 0.25) is 0 Å². The molecule has 0 amide bonds. The molecular formula is C15H22BrNO2. The Morgan fingerprint density at radius 1 is 1.42 bits per heavy atom. The van der Waals surface area contributed by atoms with Gasteiger partial charge in [-0.1, -0.05) is 28.1 Å². The van der Waals surface area contributed by atoms with Crippen LogP contribution in [0.5, 0.6) is 0 Å². The zero-order chi connectivity index (χ0) is 13.7. The van der Waals surface area contributed by atoms with Crippen molar-refractivity contribution in [2.75, 3.05) is 19.8 Å². The molecule has 0 radical (unpaired) electrons. The van der Waals surface area contributed by atoms with E-state index in [0.717, 1.165) is 37.1 Å². The summed E-state index contributed by atoms with van der Waals surface area (Å²) in [6, 6.07) is 6.34. The monoisotopic (exact) mass is 327 g/mol. The molecule has 0 aliphatic carbocycles. The molecule has 0 bridgehead atoms. The Labute approximate surface area is 123 Å². The van der Waals surface area contributed by atoms with E-state index in [0.29, 0.717) is 12.5 Å². The second-order valence-corrected chi connectivity index (χ2v) is 6.10. The van der Waals surface area contributed by atoms with Crippen molar-refractivity contribution in [3.63, 3.8) is 0 Å². The second-order valence-electron chi connectivity index (χ2n) is 5.24. The van der Waals surface area contributed by atoms with E-state index in [1.54, 1.807) is 0 Å². The largest absolute Gasteiger partial charge is 0.392 e. The van der Waals surface area contributed by atoms with Crippen LogP contribution >= 0.6 is 15.9 Å². The number of benzene rings is 1. The molecule has 3 nitrogen and oxygen atoms in total. The molecule has 1 saturated heterocycles. The molecule has 1 aliphatic heterocycles. The van der Waals surface area contributed by atoms with Gasteiger partial charge in [0, 0.05) is 30.8 Å². The van der Waals surface area contributed by atoms with E-state index in [9.17, 15) is 5.11 Å². The average molecular weight is 328 g/mol. The fourth-order valence-electron chi connectivity index (χ4n) is 2.42. The van der Waals surface area contributed by atoms with Crippen LogP contribution in [0.25, 0.3) is 0 Å². The Balaban J connectivity index is 1.76. The summed E-state index contributed by atoms with van der Waals surface area (Å²) in [5.41, 5.74) is 2.47. The first-order valence-electron chi connectivity index (χ1n) is 6.88. The lowest BCUT2D eigenvalue weighted by Crippen LogP contribution is -2.35. The highest BCUT2D eigenvalue weighted by molar-refractivity contribution is 9.10. The van der Waals surface area contributed by atoms with Gasteiger partial charge in [-0.25, -0.2) is 0 Å². The average Bonchev–Trinajstić information content (AvgIpc) is 2.42. The zero-order valence-corrected chi connectivity index (χ0v) is 12.9. The van der Waals surface area contributed by atoms with Crippen molar-refractivity contribution in [2.45, 2.75) is 32.4 Å². The fourth-order valence-corrected chi connectivity index (χ4v) is 3.05. The molecule has 1 fully saturated rings. The van der Waals surface area contributed by atoms with Crippen molar-refractivity contribution in [1.82, 2.24) is 5.32 Å². The Bertz CT molecular complexity index is 405. The van der Waals surface area contributed by atoms with Gasteiger partial charge in [-0.05, 0) is 42.9 Å². The van der Waals surface area contributed by atoms with Crippen LogP contribution in [-0.2, 0) is 11.3 Å². The molecule has 106 valence electrons. The summed E-state index contributed by atoms with van der Waals surface area (Å²) in [6.07, 6.45) is 1.67. The third kappa shape index (κ3) is 4.56. The highest BCUT2D eigenvalue weighted by Crippen LogP contribution is 2.20. The number of aryl methyl sites for hydroxylation is 1. The summed E-state index contributed by atoms with van der Waals surface area (Å²) in [4.78, 5) is 0. The third-order valence-electron chi connectivity index (χ3n) is 3.69. The Hall–Kier alpha value is -0.420. The molecule has 1 unspecified atom stereocenters. The lowest BCUT2D eigenvalue weighted by Gasteiger charge is -2.26. The standard InChI is InChI=1S/C15H22BrNO2/c1-11-2-3-13(14(16)8-11)9-17-10-15(18)12-4-6-19-7-5-12/h2-3,8,12,15,17-18H,4-7,9-10H2,1H3. The van der Waals surface area contributed by atoms with Crippen molar-refractivity contribution < 1.29 is 9.84 Å². The van der Waals surface area contributed by atoms with Crippen LogP contribution in [-0.4, -0.2) is 31.0 Å². The quantitative estimate of drug-likeness (QED) is 0.873. The predicted molar refractivity (Wildman–Crippen MR) is 80.1 cm³/mol. The molecule has 19 heavy (non-hydrogen) atoms. The van der Waals surface area contributed by atoms with Crippen molar-refractivity contribution in [2.24, 2.45) is 5.92 Å². The van der Waals surface area contributed by atoms with Gasteiger partial charge < -0.3 is 15.2 Å². The van der Waals surface area contributed by atoms with E-state index in [1.165, 1.54) is 11.1 Å². The Morgan fingerprint density at radius 2 is 2.16 bits per heavy atom. The minimum atomic E-state index is -0.270. The molecule has 2 rings (SSSR count). The van der Waals surface area contributed by atoms with Crippen molar-refractivity contribution in [3.05, 3.63) is 33.8 Å². The molecule has 0 aromatic heterocycles. The van der Waals surface area contributed by atoms with E-state index in [1.807, 2.05) is 0 Å². The van der Waals surface area contributed by atoms with E-state index in [4.69, 9.17) is 4.74 Å². The van der Waals surface area contributed by atoms with Crippen LogP contribution in [0, 0.1) is 12.8 Å². The van der Waals surface area contributed by atoms with Crippen LogP contribution in [0.15, 0.2) is 22.7 Å². The number of rotatable bonds is 5. The number of halogens is 1. The van der Waals surface area contributed by atoms with Gasteiger partial charge in [-0.3, -0.25) is 0 Å².